The highest BCUT2D eigenvalue weighted by molar-refractivity contribution is 5.31. The zero-order chi connectivity index (χ0) is 14.7. The number of hydrogen-bond acceptors (Lipinski definition) is 1. The van der Waals surface area contributed by atoms with Gasteiger partial charge in [0.05, 0.1) is 0 Å². The van der Waals surface area contributed by atoms with Gasteiger partial charge in [0.2, 0.25) is 0 Å². The second-order valence-corrected chi connectivity index (χ2v) is 5.07. The van der Waals surface area contributed by atoms with Crippen LogP contribution in [-0.2, 0) is 0 Å². The van der Waals surface area contributed by atoms with Crippen LogP contribution in [0.25, 0.3) is 0 Å². The topological polar surface area (TPSA) is 26.0 Å². The number of rotatable bonds is 4. The monoisotopic (exact) mass is 275 g/mol. The van der Waals surface area contributed by atoms with Crippen LogP contribution in [-0.4, -0.2) is 0 Å². The summed E-state index contributed by atoms with van der Waals surface area (Å²) in [5.41, 5.74) is 7.78. The molecular weight excluding hydrogens is 256 g/mol. The van der Waals surface area contributed by atoms with E-state index < -0.39 is 17.7 Å². The third-order valence-corrected chi connectivity index (χ3v) is 3.74. The van der Waals surface area contributed by atoms with E-state index in [1.807, 2.05) is 37.3 Å². The Kier molecular flexibility index (Phi) is 4.50. The summed E-state index contributed by atoms with van der Waals surface area (Å²) in [6.07, 6.45) is 0.764. The van der Waals surface area contributed by atoms with Gasteiger partial charge in [-0.25, -0.2) is 8.78 Å². The molecule has 0 fully saturated rings. The molecule has 0 aliphatic heterocycles. The zero-order valence-corrected chi connectivity index (χ0v) is 11.7. The smallest absolute Gasteiger partial charge is 0.128 e. The summed E-state index contributed by atoms with van der Waals surface area (Å²) in [6, 6.07) is 11.6. The van der Waals surface area contributed by atoms with E-state index in [2.05, 4.69) is 0 Å². The maximum absolute atomic E-state index is 14.0. The molecule has 1 nitrogen and oxygen atoms in total. The molecule has 106 valence electrons. The number of benzene rings is 2. The molecule has 0 saturated carbocycles. The number of hydrogen-bond donors (Lipinski definition) is 1. The van der Waals surface area contributed by atoms with Crippen molar-refractivity contribution in [2.75, 3.05) is 0 Å². The van der Waals surface area contributed by atoms with Crippen molar-refractivity contribution >= 4 is 0 Å². The molecule has 2 aromatic carbocycles. The zero-order valence-electron chi connectivity index (χ0n) is 11.7. The fourth-order valence-electron chi connectivity index (χ4n) is 2.53. The first-order chi connectivity index (χ1) is 9.54. The van der Waals surface area contributed by atoms with Crippen molar-refractivity contribution in [3.8, 4) is 0 Å². The Morgan fingerprint density at radius 2 is 1.70 bits per heavy atom. The van der Waals surface area contributed by atoms with Crippen molar-refractivity contribution in [2.24, 2.45) is 5.73 Å². The van der Waals surface area contributed by atoms with Gasteiger partial charge in [-0.3, -0.25) is 0 Å². The van der Waals surface area contributed by atoms with Crippen LogP contribution in [0.3, 0.4) is 0 Å². The van der Waals surface area contributed by atoms with E-state index in [0.29, 0.717) is 5.56 Å². The predicted octanol–water partition coefficient (Wildman–Crippen LogP) is 4.47. The van der Waals surface area contributed by atoms with Crippen LogP contribution in [0.5, 0.6) is 0 Å². The molecule has 2 atom stereocenters. The summed E-state index contributed by atoms with van der Waals surface area (Å²) < 4.78 is 27.7. The van der Waals surface area contributed by atoms with E-state index in [4.69, 9.17) is 5.73 Å². The SMILES string of the molecule is CCC(c1ccccc1)C(N)c1cc(F)c(C)cc1F. The number of aryl methyl sites for hydroxylation is 1. The van der Waals surface area contributed by atoms with Crippen molar-refractivity contribution in [2.45, 2.75) is 32.2 Å². The largest absolute Gasteiger partial charge is 0.323 e. The summed E-state index contributed by atoms with van der Waals surface area (Å²) in [5.74, 6) is -0.890. The number of nitrogens with two attached hydrogens (primary N) is 1. The third-order valence-electron chi connectivity index (χ3n) is 3.74. The molecule has 0 radical (unpaired) electrons. The van der Waals surface area contributed by atoms with Crippen molar-refractivity contribution in [1.82, 2.24) is 0 Å². The molecule has 0 aliphatic rings. The maximum Gasteiger partial charge on any atom is 0.128 e. The van der Waals surface area contributed by atoms with Crippen molar-refractivity contribution < 1.29 is 8.78 Å². The Labute approximate surface area is 118 Å². The average molecular weight is 275 g/mol. The summed E-state index contributed by atoms with van der Waals surface area (Å²) in [6.45, 7) is 3.54. The lowest BCUT2D eigenvalue weighted by Gasteiger charge is -2.24. The molecule has 0 aliphatic carbocycles. The normalized spacial score (nSPS) is 14.1. The lowest BCUT2D eigenvalue weighted by molar-refractivity contribution is 0.497. The minimum absolute atomic E-state index is 0.0344. The van der Waals surface area contributed by atoms with Gasteiger partial charge in [0.25, 0.3) is 0 Å². The van der Waals surface area contributed by atoms with Gasteiger partial charge < -0.3 is 5.73 Å². The molecule has 0 bridgehead atoms. The summed E-state index contributed by atoms with van der Waals surface area (Å²) in [4.78, 5) is 0. The van der Waals surface area contributed by atoms with Crippen LogP contribution in [0.2, 0.25) is 0 Å². The Balaban J connectivity index is 2.39. The van der Waals surface area contributed by atoms with Gasteiger partial charge in [-0.1, -0.05) is 37.3 Å². The second-order valence-electron chi connectivity index (χ2n) is 5.07. The molecule has 2 N–H and O–H groups in total. The molecule has 20 heavy (non-hydrogen) atoms. The highest BCUT2D eigenvalue weighted by Gasteiger charge is 2.23. The van der Waals surface area contributed by atoms with Gasteiger partial charge in [0.15, 0.2) is 0 Å². The Hall–Kier alpha value is -1.74. The van der Waals surface area contributed by atoms with Gasteiger partial charge in [0, 0.05) is 17.5 Å². The lowest BCUT2D eigenvalue weighted by atomic mass is 9.85. The highest BCUT2D eigenvalue weighted by atomic mass is 19.1. The average Bonchev–Trinajstić information content (AvgIpc) is 2.44. The fraction of sp³-hybridized carbons (Fsp3) is 0.294. The second kappa shape index (κ2) is 6.14. The summed E-state index contributed by atoms with van der Waals surface area (Å²) in [7, 11) is 0. The Bertz CT molecular complexity index is 581. The molecule has 2 unspecified atom stereocenters. The standard InChI is InChI=1S/C17H19F2N/c1-3-13(12-7-5-4-6-8-12)17(20)14-10-15(18)11(2)9-16(14)19/h4-10,13,17H,3,20H2,1-2H3. The van der Waals surface area contributed by atoms with Gasteiger partial charge in [-0.2, -0.15) is 0 Å². The minimum atomic E-state index is -0.558. The molecule has 2 aromatic rings. The molecule has 2 rings (SSSR count). The van der Waals surface area contributed by atoms with Gasteiger partial charge in [0.1, 0.15) is 11.6 Å². The van der Waals surface area contributed by atoms with Crippen LogP contribution in [0.4, 0.5) is 8.78 Å². The first kappa shape index (κ1) is 14.7. The minimum Gasteiger partial charge on any atom is -0.323 e. The van der Waals surface area contributed by atoms with Crippen molar-refractivity contribution in [3.63, 3.8) is 0 Å². The Morgan fingerprint density at radius 3 is 2.30 bits per heavy atom. The first-order valence-electron chi connectivity index (χ1n) is 6.80. The van der Waals surface area contributed by atoms with Crippen LogP contribution >= 0.6 is 0 Å². The number of halogens is 2. The van der Waals surface area contributed by atoms with E-state index in [1.165, 1.54) is 12.1 Å². The van der Waals surface area contributed by atoms with E-state index >= 15 is 0 Å². The van der Waals surface area contributed by atoms with Gasteiger partial charge in [-0.15, -0.1) is 0 Å². The Morgan fingerprint density at radius 1 is 1.05 bits per heavy atom. The van der Waals surface area contributed by atoms with Crippen LogP contribution < -0.4 is 5.73 Å². The molecule has 0 aromatic heterocycles. The van der Waals surface area contributed by atoms with Crippen molar-refractivity contribution in [1.29, 1.82) is 0 Å². The fourth-order valence-corrected chi connectivity index (χ4v) is 2.53. The molecule has 0 saturated heterocycles. The first-order valence-corrected chi connectivity index (χ1v) is 6.80. The molecule has 3 heteroatoms. The summed E-state index contributed by atoms with van der Waals surface area (Å²) in [5, 5.41) is 0. The van der Waals surface area contributed by atoms with Gasteiger partial charge >= 0.3 is 0 Å². The van der Waals surface area contributed by atoms with Gasteiger partial charge in [-0.05, 0) is 36.6 Å². The van der Waals surface area contributed by atoms with E-state index in [1.54, 1.807) is 6.92 Å². The van der Waals surface area contributed by atoms with Crippen LogP contribution in [0.1, 0.15) is 42.0 Å². The predicted molar refractivity (Wildman–Crippen MR) is 77.5 cm³/mol. The van der Waals surface area contributed by atoms with E-state index in [9.17, 15) is 8.78 Å². The molecule has 0 spiro atoms. The van der Waals surface area contributed by atoms with Crippen LogP contribution in [0.15, 0.2) is 42.5 Å². The lowest BCUT2D eigenvalue weighted by Crippen LogP contribution is -2.21. The highest BCUT2D eigenvalue weighted by Crippen LogP contribution is 2.33. The maximum atomic E-state index is 14.0. The van der Waals surface area contributed by atoms with Crippen molar-refractivity contribution in [3.05, 3.63) is 70.8 Å². The molecule has 0 heterocycles. The quantitative estimate of drug-likeness (QED) is 0.875. The van der Waals surface area contributed by atoms with E-state index in [-0.39, 0.29) is 11.5 Å². The summed E-state index contributed by atoms with van der Waals surface area (Å²) >= 11 is 0. The molecule has 0 amide bonds. The van der Waals surface area contributed by atoms with Crippen LogP contribution in [0, 0.1) is 18.6 Å². The third kappa shape index (κ3) is 2.88. The molecular formula is C17H19F2N. The van der Waals surface area contributed by atoms with E-state index in [0.717, 1.165) is 12.0 Å².